The van der Waals surface area contributed by atoms with E-state index >= 15 is 0 Å². The zero-order valence-electron chi connectivity index (χ0n) is 13.8. The van der Waals surface area contributed by atoms with E-state index in [0.717, 1.165) is 29.5 Å². The number of methoxy groups -OCH3 is 1. The molecule has 3 aromatic rings. The molecule has 3 heteroatoms. The van der Waals surface area contributed by atoms with Crippen LogP contribution in [0.2, 0.25) is 0 Å². The lowest BCUT2D eigenvalue weighted by molar-refractivity contribution is 0.104. The number of hydrogen-bond donors (Lipinski definition) is 0. The van der Waals surface area contributed by atoms with E-state index in [1.807, 2.05) is 36.4 Å². The quantitative estimate of drug-likeness (QED) is 0.691. The van der Waals surface area contributed by atoms with Crippen molar-refractivity contribution in [1.82, 2.24) is 0 Å². The van der Waals surface area contributed by atoms with Crippen molar-refractivity contribution in [2.45, 2.75) is 12.8 Å². The Bertz CT molecular complexity index is 1070. The first-order valence-electron chi connectivity index (χ1n) is 8.41. The molecule has 1 aliphatic heterocycles. The molecule has 5 rings (SSSR count). The average Bonchev–Trinajstić information content (AvgIpc) is 3.01. The van der Waals surface area contributed by atoms with E-state index < -0.39 is 0 Å². The van der Waals surface area contributed by atoms with Gasteiger partial charge in [-0.15, -0.1) is 0 Å². The predicted octanol–water partition coefficient (Wildman–Crippen LogP) is 4.56. The van der Waals surface area contributed by atoms with Crippen molar-refractivity contribution in [2.24, 2.45) is 0 Å². The van der Waals surface area contributed by atoms with Gasteiger partial charge >= 0.3 is 0 Å². The minimum Gasteiger partial charge on any atom is -0.496 e. The molecule has 0 saturated carbocycles. The second-order valence-corrected chi connectivity index (χ2v) is 6.42. The van der Waals surface area contributed by atoms with Crippen molar-refractivity contribution in [3.8, 4) is 11.5 Å². The predicted molar refractivity (Wildman–Crippen MR) is 97.3 cm³/mol. The Morgan fingerprint density at radius 2 is 1.64 bits per heavy atom. The molecule has 0 atom stereocenters. The molecule has 1 aliphatic carbocycles. The molecule has 122 valence electrons. The number of para-hydroxylation sites is 1. The Morgan fingerprint density at radius 1 is 0.880 bits per heavy atom. The SMILES string of the molecule is COc1ccccc1C1=CC(=O)c2ccc3c4c(ccc(c24)O1)CC3. The summed E-state index contributed by atoms with van der Waals surface area (Å²) in [7, 11) is 1.62. The van der Waals surface area contributed by atoms with Gasteiger partial charge in [0.2, 0.25) is 0 Å². The molecule has 0 bridgehead atoms. The largest absolute Gasteiger partial charge is 0.496 e. The van der Waals surface area contributed by atoms with Crippen LogP contribution in [-0.2, 0) is 12.8 Å². The topological polar surface area (TPSA) is 35.5 Å². The van der Waals surface area contributed by atoms with Gasteiger partial charge in [-0.2, -0.15) is 0 Å². The summed E-state index contributed by atoms with van der Waals surface area (Å²) < 4.78 is 11.7. The monoisotopic (exact) mass is 328 g/mol. The lowest BCUT2D eigenvalue weighted by atomic mass is 9.97. The maximum absolute atomic E-state index is 12.9. The van der Waals surface area contributed by atoms with Crippen molar-refractivity contribution in [3.05, 3.63) is 76.9 Å². The maximum atomic E-state index is 12.9. The summed E-state index contributed by atoms with van der Waals surface area (Å²) in [6, 6.07) is 15.7. The molecule has 1 heterocycles. The van der Waals surface area contributed by atoms with E-state index in [9.17, 15) is 4.79 Å². The number of rotatable bonds is 2. The van der Waals surface area contributed by atoms with Crippen LogP contribution in [0.1, 0.15) is 27.0 Å². The average molecular weight is 328 g/mol. The summed E-state index contributed by atoms with van der Waals surface area (Å²) in [5.41, 5.74) is 4.08. The van der Waals surface area contributed by atoms with Crippen LogP contribution in [0.4, 0.5) is 0 Å². The van der Waals surface area contributed by atoms with Crippen LogP contribution in [0.25, 0.3) is 16.5 Å². The number of allylic oxidation sites excluding steroid dienone is 1. The van der Waals surface area contributed by atoms with Gasteiger partial charge in [-0.3, -0.25) is 4.79 Å². The maximum Gasteiger partial charge on any atom is 0.190 e. The standard InChI is InChI=1S/C22H16O3/c1-24-18-5-3-2-4-16(18)20-12-17(23)15-10-8-13-6-7-14-9-11-19(25-20)22(15)21(13)14/h2-5,8-12H,6-7H2,1H3. The smallest absolute Gasteiger partial charge is 0.190 e. The Balaban J connectivity index is 1.77. The molecule has 0 saturated heterocycles. The highest BCUT2D eigenvalue weighted by atomic mass is 16.5. The molecule has 0 unspecified atom stereocenters. The van der Waals surface area contributed by atoms with Gasteiger partial charge in [-0.1, -0.05) is 24.3 Å². The number of benzene rings is 3. The Hall–Kier alpha value is -3.07. The molecule has 3 aromatic carbocycles. The molecule has 3 nitrogen and oxygen atoms in total. The summed E-state index contributed by atoms with van der Waals surface area (Å²) >= 11 is 0. The van der Waals surface area contributed by atoms with E-state index in [1.54, 1.807) is 13.2 Å². The number of hydrogen-bond acceptors (Lipinski definition) is 3. The zero-order chi connectivity index (χ0) is 17.0. The van der Waals surface area contributed by atoms with E-state index in [4.69, 9.17) is 9.47 Å². The first-order valence-corrected chi connectivity index (χ1v) is 8.41. The highest BCUT2D eigenvalue weighted by Gasteiger charge is 2.25. The highest BCUT2D eigenvalue weighted by molar-refractivity contribution is 6.19. The molecular formula is C22H16O3. The van der Waals surface area contributed by atoms with Crippen LogP contribution >= 0.6 is 0 Å². The fraction of sp³-hybridized carbons (Fsp3) is 0.136. The molecular weight excluding hydrogens is 312 g/mol. The number of aryl methyl sites for hydroxylation is 2. The number of carbonyl (C=O) groups excluding carboxylic acids is 1. The van der Waals surface area contributed by atoms with Crippen molar-refractivity contribution < 1.29 is 14.3 Å². The Labute approximate surface area is 145 Å². The number of carbonyl (C=O) groups is 1. The van der Waals surface area contributed by atoms with E-state index in [-0.39, 0.29) is 5.78 Å². The molecule has 0 radical (unpaired) electrons. The summed E-state index contributed by atoms with van der Waals surface area (Å²) in [5, 5.41) is 2.14. The summed E-state index contributed by atoms with van der Waals surface area (Å²) in [5.74, 6) is 1.91. The van der Waals surface area contributed by atoms with Crippen molar-refractivity contribution >= 4 is 22.3 Å². The molecule has 25 heavy (non-hydrogen) atoms. The first-order chi connectivity index (χ1) is 12.3. The third-order valence-corrected chi connectivity index (χ3v) is 5.08. The molecule has 0 amide bonds. The van der Waals surface area contributed by atoms with Crippen LogP contribution in [0.5, 0.6) is 11.5 Å². The molecule has 2 aliphatic rings. The lowest BCUT2D eigenvalue weighted by Gasteiger charge is -2.14. The first kappa shape index (κ1) is 14.3. The second-order valence-electron chi connectivity index (χ2n) is 6.42. The van der Waals surface area contributed by atoms with Crippen molar-refractivity contribution in [2.75, 3.05) is 7.11 Å². The minimum atomic E-state index is -0.0322. The third-order valence-electron chi connectivity index (χ3n) is 5.08. The van der Waals surface area contributed by atoms with Gasteiger partial charge in [0, 0.05) is 17.0 Å². The van der Waals surface area contributed by atoms with Crippen LogP contribution in [0.3, 0.4) is 0 Å². The number of ketones is 1. The molecule has 0 aromatic heterocycles. The van der Waals surface area contributed by atoms with Crippen LogP contribution < -0.4 is 9.47 Å². The fourth-order valence-corrected chi connectivity index (χ4v) is 3.91. The number of ether oxygens (including phenoxy) is 2. The van der Waals surface area contributed by atoms with Gasteiger partial charge in [0.1, 0.15) is 17.3 Å². The summed E-state index contributed by atoms with van der Waals surface area (Å²) in [6.07, 6.45) is 3.62. The van der Waals surface area contributed by atoms with Gasteiger partial charge in [-0.05, 0) is 53.6 Å². The van der Waals surface area contributed by atoms with Gasteiger partial charge in [0.15, 0.2) is 5.78 Å². The van der Waals surface area contributed by atoms with Gasteiger partial charge in [0.25, 0.3) is 0 Å². The van der Waals surface area contributed by atoms with Crippen LogP contribution in [0.15, 0.2) is 54.6 Å². The van der Waals surface area contributed by atoms with Crippen molar-refractivity contribution in [3.63, 3.8) is 0 Å². The molecule has 0 fully saturated rings. The van der Waals surface area contributed by atoms with Crippen LogP contribution in [0, 0.1) is 0 Å². The minimum absolute atomic E-state index is 0.0322. The summed E-state index contributed by atoms with van der Waals surface area (Å²) in [6.45, 7) is 0. The highest BCUT2D eigenvalue weighted by Crippen LogP contribution is 2.42. The van der Waals surface area contributed by atoms with Gasteiger partial charge in [0.05, 0.1) is 12.7 Å². The third kappa shape index (κ3) is 2.02. The van der Waals surface area contributed by atoms with E-state index in [1.165, 1.54) is 16.5 Å². The van der Waals surface area contributed by atoms with Crippen LogP contribution in [-0.4, -0.2) is 12.9 Å². The lowest BCUT2D eigenvalue weighted by Crippen LogP contribution is -1.99. The van der Waals surface area contributed by atoms with E-state index in [0.29, 0.717) is 17.1 Å². The second kappa shape index (κ2) is 5.21. The van der Waals surface area contributed by atoms with E-state index in [2.05, 4.69) is 12.1 Å². The molecule has 0 spiro atoms. The van der Waals surface area contributed by atoms with Gasteiger partial charge < -0.3 is 9.47 Å². The molecule has 0 N–H and O–H groups in total. The summed E-state index contributed by atoms with van der Waals surface area (Å²) in [4.78, 5) is 12.9. The Morgan fingerprint density at radius 3 is 2.44 bits per heavy atom. The Kier molecular flexibility index (Phi) is 2.98. The zero-order valence-corrected chi connectivity index (χ0v) is 13.8. The normalized spacial score (nSPS) is 14.9. The fourth-order valence-electron chi connectivity index (χ4n) is 3.91. The van der Waals surface area contributed by atoms with Crippen molar-refractivity contribution in [1.29, 1.82) is 0 Å². The van der Waals surface area contributed by atoms with Gasteiger partial charge in [-0.25, -0.2) is 0 Å².